The zero-order valence-electron chi connectivity index (χ0n) is 15.5. The molecule has 0 aliphatic heterocycles. The molecular weight excluding hydrogens is 314 g/mol. The molecule has 25 heavy (non-hydrogen) atoms. The number of hydrogen-bond donors (Lipinski definition) is 1. The van der Waals surface area contributed by atoms with E-state index in [0.717, 1.165) is 11.1 Å². The average Bonchev–Trinajstić information content (AvgIpc) is 3.02. The minimum absolute atomic E-state index is 0.0731. The normalized spacial score (nSPS) is 18.7. The summed E-state index contributed by atoms with van der Waals surface area (Å²) in [7, 11) is 0. The third-order valence-electron chi connectivity index (χ3n) is 5.38. The summed E-state index contributed by atoms with van der Waals surface area (Å²) in [5, 5.41) is 12.5. The van der Waals surface area contributed by atoms with Crippen molar-refractivity contribution in [3.05, 3.63) is 52.4 Å². The topological polar surface area (TPSA) is 63.3 Å². The molecule has 1 N–H and O–H groups in total. The van der Waals surface area contributed by atoms with Gasteiger partial charge in [0.1, 0.15) is 0 Å². The van der Waals surface area contributed by atoms with E-state index >= 15 is 0 Å². The monoisotopic (exact) mass is 339 g/mol. The Balaban J connectivity index is 2.00. The summed E-state index contributed by atoms with van der Waals surface area (Å²) in [5.41, 5.74) is 5.05. The molecule has 1 aromatic carbocycles. The second-order valence-corrected chi connectivity index (χ2v) is 8.28. The molecule has 0 saturated heterocycles. The van der Waals surface area contributed by atoms with E-state index in [4.69, 9.17) is 9.63 Å². The van der Waals surface area contributed by atoms with Crippen LogP contribution in [0, 0.1) is 0 Å². The van der Waals surface area contributed by atoms with Crippen LogP contribution in [0.5, 0.6) is 0 Å². The molecule has 0 bridgehead atoms. The molecule has 3 rings (SSSR count). The molecule has 0 radical (unpaired) electrons. The van der Waals surface area contributed by atoms with Gasteiger partial charge in [0.2, 0.25) is 0 Å². The van der Waals surface area contributed by atoms with Crippen LogP contribution in [-0.2, 0) is 10.8 Å². The van der Waals surface area contributed by atoms with Gasteiger partial charge in [0, 0.05) is 6.07 Å². The minimum atomic E-state index is -1.08. The Kier molecular flexibility index (Phi) is 4.10. The zero-order valence-corrected chi connectivity index (χ0v) is 15.5. The highest BCUT2D eigenvalue weighted by Crippen LogP contribution is 2.46. The lowest BCUT2D eigenvalue weighted by Crippen LogP contribution is -2.33. The molecule has 0 saturated carbocycles. The van der Waals surface area contributed by atoms with Crippen molar-refractivity contribution in [2.24, 2.45) is 0 Å². The molecule has 1 heterocycles. The van der Waals surface area contributed by atoms with Gasteiger partial charge < -0.3 is 9.63 Å². The lowest BCUT2D eigenvalue weighted by Gasteiger charge is -2.42. The Bertz CT molecular complexity index is 856. The van der Waals surface area contributed by atoms with Crippen molar-refractivity contribution < 1.29 is 14.4 Å². The Labute approximate surface area is 148 Å². The summed E-state index contributed by atoms with van der Waals surface area (Å²) in [6, 6.07) is 8.08. The van der Waals surface area contributed by atoms with Gasteiger partial charge in [-0.2, -0.15) is 0 Å². The molecular formula is C21H25NO3. The van der Waals surface area contributed by atoms with Crippen LogP contribution in [0.3, 0.4) is 0 Å². The summed E-state index contributed by atoms with van der Waals surface area (Å²) in [6.07, 6.45) is 4.38. The summed E-state index contributed by atoms with van der Waals surface area (Å²) in [6.45, 7) is 11.1. The van der Waals surface area contributed by atoms with Crippen molar-refractivity contribution in [2.75, 3.05) is 0 Å². The minimum Gasteiger partial charge on any atom is -0.476 e. The smallest absolute Gasteiger partial charge is 0.358 e. The maximum atomic E-state index is 10.9. The summed E-state index contributed by atoms with van der Waals surface area (Å²) < 4.78 is 5.15. The van der Waals surface area contributed by atoms with Crippen LogP contribution < -0.4 is 0 Å². The highest BCUT2D eigenvalue weighted by atomic mass is 16.5. The fourth-order valence-electron chi connectivity index (χ4n) is 3.58. The number of benzene rings is 1. The maximum absolute atomic E-state index is 10.9. The van der Waals surface area contributed by atoms with Crippen LogP contribution in [0.1, 0.15) is 80.4 Å². The number of nitrogens with zero attached hydrogens (tertiary/aromatic N) is 1. The highest BCUT2D eigenvalue weighted by molar-refractivity contribution is 5.87. The molecule has 0 amide bonds. The van der Waals surface area contributed by atoms with Gasteiger partial charge in [0.05, 0.1) is 0 Å². The Morgan fingerprint density at radius 2 is 1.76 bits per heavy atom. The fourth-order valence-corrected chi connectivity index (χ4v) is 3.58. The number of fused-ring (bicyclic) bond motifs is 1. The number of carboxylic acids is 1. The summed E-state index contributed by atoms with van der Waals surface area (Å²) in [4.78, 5) is 10.9. The van der Waals surface area contributed by atoms with E-state index in [-0.39, 0.29) is 16.5 Å². The highest BCUT2D eigenvalue weighted by Gasteiger charge is 2.36. The van der Waals surface area contributed by atoms with Gasteiger partial charge in [-0.15, -0.1) is 0 Å². The van der Waals surface area contributed by atoms with Gasteiger partial charge in [0.15, 0.2) is 11.5 Å². The molecule has 0 atom stereocenters. The molecule has 0 unspecified atom stereocenters. The Morgan fingerprint density at radius 1 is 1.12 bits per heavy atom. The predicted octanol–water partition coefficient (Wildman–Crippen LogP) is 5.28. The first-order chi connectivity index (χ1) is 11.6. The van der Waals surface area contributed by atoms with Crippen molar-refractivity contribution >= 4 is 17.6 Å². The number of aromatic carboxylic acids is 1. The molecule has 1 aliphatic rings. The largest absolute Gasteiger partial charge is 0.476 e. The lowest BCUT2D eigenvalue weighted by molar-refractivity contribution is 0.0685. The molecule has 4 heteroatoms. The van der Waals surface area contributed by atoms with Crippen LogP contribution in [0.2, 0.25) is 0 Å². The standard InChI is InChI=1S/C21H25NO3/c1-13(18-12-17(19(23)24)22-25-18)10-14-6-7-15-16(11-14)21(4,5)9-8-20(15,2)3/h6-7,10-12H,8-9H2,1-5H3,(H,23,24)/b13-10+. The van der Waals surface area contributed by atoms with E-state index in [0.29, 0.717) is 5.76 Å². The third kappa shape index (κ3) is 3.26. The summed E-state index contributed by atoms with van der Waals surface area (Å²) >= 11 is 0. The lowest BCUT2D eigenvalue weighted by atomic mass is 9.63. The Morgan fingerprint density at radius 3 is 2.36 bits per heavy atom. The molecule has 0 spiro atoms. The SMILES string of the molecule is C/C(=C\c1ccc2c(c1)C(C)(C)CCC2(C)C)c1cc(C(=O)O)no1. The van der Waals surface area contributed by atoms with Crippen molar-refractivity contribution in [1.29, 1.82) is 0 Å². The van der Waals surface area contributed by atoms with Crippen LogP contribution in [0.4, 0.5) is 0 Å². The molecule has 1 aliphatic carbocycles. The van der Waals surface area contributed by atoms with E-state index in [1.165, 1.54) is 30.0 Å². The Hall–Kier alpha value is -2.36. The van der Waals surface area contributed by atoms with Crippen LogP contribution >= 0.6 is 0 Å². The van der Waals surface area contributed by atoms with Crippen LogP contribution in [-0.4, -0.2) is 16.2 Å². The molecule has 1 aromatic heterocycles. The van der Waals surface area contributed by atoms with E-state index in [9.17, 15) is 4.79 Å². The molecule has 4 nitrogen and oxygen atoms in total. The second-order valence-electron chi connectivity index (χ2n) is 8.28. The quantitative estimate of drug-likeness (QED) is 0.826. The van der Waals surface area contributed by atoms with E-state index in [2.05, 4.69) is 51.1 Å². The number of allylic oxidation sites excluding steroid dienone is 1. The van der Waals surface area contributed by atoms with Crippen LogP contribution in [0.25, 0.3) is 11.6 Å². The van der Waals surface area contributed by atoms with E-state index in [1.807, 2.05) is 13.0 Å². The first-order valence-corrected chi connectivity index (χ1v) is 8.64. The maximum Gasteiger partial charge on any atom is 0.358 e. The van der Waals surface area contributed by atoms with Crippen molar-refractivity contribution in [3.8, 4) is 0 Å². The number of aromatic nitrogens is 1. The number of carboxylic acid groups (broad SMARTS) is 1. The number of hydrogen-bond acceptors (Lipinski definition) is 3. The first-order valence-electron chi connectivity index (χ1n) is 8.64. The van der Waals surface area contributed by atoms with E-state index in [1.54, 1.807) is 0 Å². The zero-order chi connectivity index (χ0) is 18.4. The third-order valence-corrected chi connectivity index (χ3v) is 5.38. The van der Waals surface area contributed by atoms with Gasteiger partial charge >= 0.3 is 5.97 Å². The van der Waals surface area contributed by atoms with Gasteiger partial charge in [-0.3, -0.25) is 0 Å². The van der Waals surface area contributed by atoms with Crippen molar-refractivity contribution in [2.45, 2.75) is 58.3 Å². The van der Waals surface area contributed by atoms with Crippen molar-refractivity contribution in [3.63, 3.8) is 0 Å². The average molecular weight is 339 g/mol. The van der Waals surface area contributed by atoms with Gasteiger partial charge in [-0.25, -0.2) is 4.79 Å². The van der Waals surface area contributed by atoms with E-state index < -0.39 is 5.97 Å². The first kappa shape index (κ1) is 17.5. The number of rotatable bonds is 3. The van der Waals surface area contributed by atoms with Gasteiger partial charge in [-0.1, -0.05) is 51.1 Å². The number of carbonyl (C=O) groups is 1. The molecule has 0 fully saturated rings. The summed E-state index contributed by atoms with van der Waals surface area (Å²) in [5.74, 6) is -0.602. The predicted molar refractivity (Wildman–Crippen MR) is 98.7 cm³/mol. The molecule has 2 aromatic rings. The fraction of sp³-hybridized carbons (Fsp3) is 0.429. The van der Waals surface area contributed by atoms with Crippen molar-refractivity contribution in [1.82, 2.24) is 5.16 Å². The van der Waals surface area contributed by atoms with Crippen LogP contribution in [0.15, 0.2) is 28.8 Å². The second kappa shape index (κ2) is 5.87. The van der Waals surface area contributed by atoms with Gasteiger partial charge in [-0.05, 0) is 58.9 Å². The van der Waals surface area contributed by atoms with Gasteiger partial charge in [0.25, 0.3) is 0 Å². The molecule has 132 valence electrons.